The maximum Gasteiger partial charge on any atom is 0.354 e. The lowest BCUT2D eigenvalue weighted by Crippen LogP contribution is -2.24. The molecule has 0 atom stereocenters. The van der Waals surface area contributed by atoms with Crippen molar-refractivity contribution in [2.75, 3.05) is 13.2 Å². The number of esters is 1. The molecule has 0 spiro atoms. The number of ether oxygens (including phenoxy) is 1. The zero-order chi connectivity index (χ0) is 12.7. The summed E-state index contributed by atoms with van der Waals surface area (Å²) < 4.78 is 4.73. The fourth-order valence-electron chi connectivity index (χ4n) is 1.20. The van der Waals surface area contributed by atoms with E-state index in [1.54, 1.807) is 19.1 Å². The van der Waals surface area contributed by atoms with Gasteiger partial charge in [-0.05, 0) is 19.1 Å². The van der Waals surface area contributed by atoms with Gasteiger partial charge < -0.3 is 15.2 Å². The van der Waals surface area contributed by atoms with Crippen LogP contribution >= 0.6 is 0 Å². The van der Waals surface area contributed by atoms with Gasteiger partial charge in [0.2, 0.25) is 0 Å². The molecule has 6 nitrogen and oxygen atoms in total. The van der Waals surface area contributed by atoms with Crippen LogP contribution in [0.4, 0.5) is 0 Å². The molecule has 0 amide bonds. The van der Waals surface area contributed by atoms with Gasteiger partial charge in [-0.25, -0.2) is 9.78 Å². The predicted octanol–water partition coefficient (Wildman–Crippen LogP) is 0.432. The van der Waals surface area contributed by atoms with Gasteiger partial charge in [-0.15, -0.1) is 0 Å². The minimum absolute atomic E-state index is 0.0135. The molecule has 0 fully saturated rings. The highest BCUT2D eigenvalue weighted by Gasteiger charge is 2.05. The number of hydrogen-bond donors (Lipinski definition) is 2. The molecule has 92 valence electrons. The van der Waals surface area contributed by atoms with Gasteiger partial charge in [-0.3, -0.25) is 4.79 Å². The molecule has 1 rings (SSSR count). The van der Waals surface area contributed by atoms with Gasteiger partial charge in [-0.2, -0.15) is 0 Å². The van der Waals surface area contributed by atoms with Crippen LogP contribution in [0.1, 0.15) is 23.1 Å². The molecule has 0 aliphatic heterocycles. The second-order valence-electron chi connectivity index (χ2n) is 3.23. The highest BCUT2D eigenvalue weighted by molar-refractivity contribution is 5.85. The molecule has 2 N–H and O–H groups in total. The van der Waals surface area contributed by atoms with Crippen molar-refractivity contribution >= 4 is 11.9 Å². The molecule has 0 radical (unpaired) electrons. The number of carbonyl (C=O) groups is 2. The number of nitrogens with zero attached hydrogens (tertiary/aromatic N) is 1. The van der Waals surface area contributed by atoms with E-state index in [-0.39, 0.29) is 18.2 Å². The van der Waals surface area contributed by atoms with Crippen molar-refractivity contribution in [3.05, 3.63) is 29.6 Å². The molecule has 0 aromatic carbocycles. The zero-order valence-electron chi connectivity index (χ0n) is 9.47. The first kappa shape index (κ1) is 13.1. The van der Waals surface area contributed by atoms with Crippen molar-refractivity contribution < 1.29 is 19.4 Å². The number of carboxylic acid groups (broad SMARTS) is 1. The summed E-state index contributed by atoms with van der Waals surface area (Å²) >= 11 is 0. The summed E-state index contributed by atoms with van der Waals surface area (Å²) in [6.07, 6.45) is 0. The third-order valence-electron chi connectivity index (χ3n) is 1.91. The van der Waals surface area contributed by atoms with Crippen molar-refractivity contribution in [3.8, 4) is 0 Å². The van der Waals surface area contributed by atoms with E-state index in [1.807, 2.05) is 0 Å². The SMILES string of the molecule is CCOC(=O)CNCc1cccc(C(=O)O)n1. The average Bonchev–Trinajstić information content (AvgIpc) is 2.30. The maximum atomic E-state index is 11.0. The fraction of sp³-hybridized carbons (Fsp3) is 0.364. The van der Waals surface area contributed by atoms with Crippen LogP contribution in [0.5, 0.6) is 0 Å². The summed E-state index contributed by atoms with van der Waals surface area (Å²) in [6.45, 7) is 2.47. The van der Waals surface area contributed by atoms with Gasteiger partial charge in [0.25, 0.3) is 0 Å². The lowest BCUT2D eigenvalue weighted by molar-refractivity contribution is -0.142. The van der Waals surface area contributed by atoms with Gasteiger partial charge in [0, 0.05) is 6.54 Å². The Morgan fingerprint density at radius 2 is 2.24 bits per heavy atom. The number of hydrogen-bond acceptors (Lipinski definition) is 5. The van der Waals surface area contributed by atoms with E-state index in [9.17, 15) is 9.59 Å². The van der Waals surface area contributed by atoms with Crippen LogP contribution in [0.15, 0.2) is 18.2 Å². The minimum Gasteiger partial charge on any atom is -0.477 e. The van der Waals surface area contributed by atoms with Crippen LogP contribution in [0.2, 0.25) is 0 Å². The van der Waals surface area contributed by atoms with E-state index >= 15 is 0 Å². The molecule has 1 heterocycles. The van der Waals surface area contributed by atoms with Crippen LogP contribution in [0.25, 0.3) is 0 Å². The molecule has 0 bridgehead atoms. The number of nitrogens with one attached hydrogen (secondary N) is 1. The molecular weight excluding hydrogens is 224 g/mol. The normalized spacial score (nSPS) is 9.94. The third kappa shape index (κ3) is 4.60. The Kier molecular flexibility index (Phi) is 5.09. The van der Waals surface area contributed by atoms with Crippen LogP contribution in [0, 0.1) is 0 Å². The lowest BCUT2D eigenvalue weighted by Gasteiger charge is -2.04. The first-order valence-corrected chi connectivity index (χ1v) is 5.19. The van der Waals surface area contributed by atoms with E-state index in [0.717, 1.165) is 0 Å². The van der Waals surface area contributed by atoms with Crippen molar-refractivity contribution in [1.82, 2.24) is 10.3 Å². The van der Waals surface area contributed by atoms with E-state index in [4.69, 9.17) is 9.84 Å². The molecule has 17 heavy (non-hydrogen) atoms. The number of aromatic nitrogens is 1. The molecule has 6 heteroatoms. The largest absolute Gasteiger partial charge is 0.477 e. The van der Waals surface area contributed by atoms with Gasteiger partial charge in [-0.1, -0.05) is 6.07 Å². The molecule has 0 aliphatic carbocycles. The quantitative estimate of drug-likeness (QED) is 0.699. The predicted molar refractivity (Wildman–Crippen MR) is 59.5 cm³/mol. The summed E-state index contributed by atoms with van der Waals surface area (Å²) in [4.78, 5) is 25.6. The summed E-state index contributed by atoms with van der Waals surface area (Å²) in [5, 5.41) is 11.6. The summed E-state index contributed by atoms with van der Waals surface area (Å²) in [5.74, 6) is -1.42. The second kappa shape index (κ2) is 6.59. The Bertz CT molecular complexity index is 406. The molecule has 1 aromatic heterocycles. The zero-order valence-corrected chi connectivity index (χ0v) is 9.47. The highest BCUT2D eigenvalue weighted by Crippen LogP contribution is 1.99. The Balaban J connectivity index is 2.44. The highest BCUT2D eigenvalue weighted by atomic mass is 16.5. The van der Waals surface area contributed by atoms with E-state index in [1.165, 1.54) is 6.07 Å². The Labute approximate surface area is 98.6 Å². The number of rotatable bonds is 6. The van der Waals surface area contributed by atoms with E-state index in [2.05, 4.69) is 10.3 Å². The van der Waals surface area contributed by atoms with E-state index in [0.29, 0.717) is 18.8 Å². The third-order valence-corrected chi connectivity index (χ3v) is 1.91. The fourth-order valence-corrected chi connectivity index (χ4v) is 1.20. The maximum absolute atomic E-state index is 11.0. The molecular formula is C11H14N2O4. The second-order valence-corrected chi connectivity index (χ2v) is 3.23. The van der Waals surface area contributed by atoms with Crippen LogP contribution < -0.4 is 5.32 Å². The standard InChI is InChI=1S/C11H14N2O4/c1-2-17-10(14)7-12-6-8-4-3-5-9(13-8)11(15)16/h3-5,12H,2,6-7H2,1H3,(H,15,16). The average molecular weight is 238 g/mol. The van der Waals surface area contributed by atoms with Crippen LogP contribution in [0.3, 0.4) is 0 Å². The van der Waals surface area contributed by atoms with Gasteiger partial charge >= 0.3 is 11.9 Å². The van der Waals surface area contributed by atoms with Crippen molar-refractivity contribution in [2.45, 2.75) is 13.5 Å². The molecule has 1 aromatic rings. The number of carboxylic acids is 1. The molecule has 0 aliphatic rings. The van der Waals surface area contributed by atoms with Gasteiger partial charge in [0.15, 0.2) is 0 Å². The van der Waals surface area contributed by atoms with E-state index < -0.39 is 5.97 Å². The van der Waals surface area contributed by atoms with Gasteiger partial charge in [0.05, 0.1) is 18.8 Å². The summed E-state index contributed by atoms with van der Waals surface area (Å²) in [6, 6.07) is 4.71. The van der Waals surface area contributed by atoms with Crippen molar-refractivity contribution in [3.63, 3.8) is 0 Å². The summed E-state index contributed by atoms with van der Waals surface area (Å²) in [7, 11) is 0. The lowest BCUT2D eigenvalue weighted by atomic mass is 10.3. The number of aromatic carboxylic acids is 1. The van der Waals surface area contributed by atoms with Crippen molar-refractivity contribution in [1.29, 1.82) is 0 Å². The van der Waals surface area contributed by atoms with Crippen LogP contribution in [-0.2, 0) is 16.1 Å². The minimum atomic E-state index is -1.07. The topological polar surface area (TPSA) is 88.5 Å². The Morgan fingerprint density at radius 3 is 2.88 bits per heavy atom. The molecule has 0 saturated carbocycles. The Hall–Kier alpha value is -1.95. The van der Waals surface area contributed by atoms with Gasteiger partial charge in [0.1, 0.15) is 5.69 Å². The smallest absolute Gasteiger partial charge is 0.354 e. The molecule has 0 saturated heterocycles. The number of pyridine rings is 1. The summed E-state index contributed by atoms with van der Waals surface area (Å²) in [5.41, 5.74) is 0.551. The Morgan fingerprint density at radius 1 is 1.47 bits per heavy atom. The first-order chi connectivity index (χ1) is 8.13. The molecule has 0 unspecified atom stereocenters. The monoisotopic (exact) mass is 238 g/mol. The van der Waals surface area contributed by atoms with Crippen LogP contribution in [-0.4, -0.2) is 35.2 Å². The van der Waals surface area contributed by atoms with Crippen molar-refractivity contribution in [2.24, 2.45) is 0 Å². The first-order valence-electron chi connectivity index (χ1n) is 5.19. The number of carbonyl (C=O) groups excluding carboxylic acids is 1.